The Labute approximate surface area is 130 Å². The Hall–Kier alpha value is -1.85. The van der Waals surface area contributed by atoms with Gasteiger partial charge in [0.15, 0.2) is 0 Å². The fourth-order valence-corrected chi connectivity index (χ4v) is 2.42. The quantitative estimate of drug-likeness (QED) is 0.789. The molecule has 0 aliphatic rings. The molecule has 0 amide bonds. The number of nitrogens with zero attached hydrogens (tertiary/aromatic N) is 3. The zero-order valence-electron chi connectivity index (χ0n) is 12.2. The molecule has 0 unspecified atom stereocenters. The summed E-state index contributed by atoms with van der Waals surface area (Å²) < 4.78 is 13.9. The molecular weight excluding hydrogens is 337 g/mol. The molecule has 0 aliphatic heterocycles. The predicted molar refractivity (Wildman–Crippen MR) is 78.9 cm³/mol. The van der Waals surface area contributed by atoms with Crippen LogP contribution in [-0.2, 0) is 4.74 Å². The van der Waals surface area contributed by atoms with Crippen molar-refractivity contribution in [3.63, 3.8) is 0 Å². The molecule has 0 fully saturated rings. The van der Waals surface area contributed by atoms with Crippen LogP contribution in [0.1, 0.15) is 19.4 Å². The number of ether oxygens (including phenoxy) is 2. The third-order valence-corrected chi connectivity index (χ3v) is 3.50. The molecule has 112 valence electrons. The van der Waals surface area contributed by atoms with Crippen LogP contribution in [0.2, 0.25) is 0 Å². The second-order valence-electron chi connectivity index (χ2n) is 4.28. The minimum atomic E-state index is -0.543. The average molecular weight is 354 g/mol. The molecule has 2 aromatic rings. The van der Waals surface area contributed by atoms with E-state index in [4.69, 9.17) is 9.47 Å². The maximum atomic E-state index is 11.9. The molecule has 0 saturated carbocycles. The van der Waals surface area contributed by atoms with Crippen LogP contribution in [0.5, 0.6) is 6.01 Å². The average Bonchev–Trinajstić information content (AvgIpc) is 2.78. The van der Waals surface area contributed by atoms with Crippen molar-refractivity contribution in [3.8, 4) is 11.7 Å². The van der Waals surface area contributed by atoms with Crippen LogP contribution < -0.4 is 4.74 Å². The summed E-state index contributed by atoms with van der Waals surface area (Å²) in [5.74, 6) is 0. The van der Waals surface area contributed by atoms with E-state index in [1.54, 1.807) is 11.5 Å². The molecule has 0 spiro atoms. The first kappa shape index (κ1) is 15.5. The second kappa shape index (κ2) is 6.74. The molecule has 2 rings (SSSR count). The number of aromatic nitrogens is 3. The van der Waals surface area contributed by atoms with E-state index in [9.17, 15) is 4.79 Å². The Morgan fingerprint density at radius 1 is 1.24 bits per heavy atom. The van der Waals surface area contributed by atoms with Gasteiger partial charge in [0.2, 0.25) is 0 Å². The van der Waals surface area contributed by atoms with E-state index < -0.39 is 6.09 Å². The van der Waals surface area contributed by atoms with Gasteiger partial charge < -0.3 is 0 Å². The molecule has 1 aromatic heterocycles. The minimum absolute atomic E-state index is 0.284. The summed E-state index contributed by atoms with van der Waals surface area (Å²) in [6.07, 6.45) is -0.543. The molecule has 6 nitrogen and oxygen atoms in total. The number of hydrogen-bond acceptors (Lipinski definition) is 4. The van der Waals surface area contributed by atoms with Crippen molar-refractivity contribution in [1.82, 2.24) is 14.3 Å². The van der Waals surface area contributed by atoms with Gasteiger partial charge >= 0.3 is 130 Å². The number of carbonyl (C=O) groups is 1. The van der Waals surface area contributed by atoms with Gasteiger partial charge in [-0.15, -0.1) is 0 Å². The summed E-state index contributed by atoms with van der Waals surface area (Å²) in [5, 5.41) is 4.17. The third-order valence-electron chi connectivity index (χ3n) is 2.76. The third kappa shape index (κ3) is 3.25. The van der Waals surface area contributed by atoms with Gasteiger partial charge in [-0.3, -0.25) is 0 Å². The number of benzene rings is 1. The number of rotatable bonds is 4. The molecule has 21 heavy (non-hydrogen) atoms. The maximum absolute atomic E-state index is 11.9. The van der Waals surface area contributed by atoms with Crippen LogP contribution in [0.25, 0.3) is 5.69 Å². The number of hydrogen-bond donors (Lipinski definition) is 0. The molecule has 1 aromatic carbocycles. The van der Waals surface area contributed by atoms with Gasteiger partial charge in [0, 0.05) is 0 Å². The van der Waals surface area contributed by atoms with Gasteiger partial charge in [0.1, 0.15) is 0 Å². The Morgan fingerprint density at radius 3 is 2.48 bits per heavy atom. The molecule has 1 heterocycles. The Morgan fingerprint density at radius 2 is 1.90 bits per heavy atom. The zero-order valence-corrected chi connectivity index (χ0v) is 13.9. The Bertz CT molecular complexity index is 688. The van der Waals surface area contributed by atoms with Crippen molar-refractivity contribution < 1.29 is 14.3 Å². The summed E-state index contributed by atoms with van der Waals surface area (Å²) in [6.45, 7) is 6.36. The fraction of sp³-hybridized carbons (Fsp3) is 0.357. The number of carbonyl (C=O) groups excluding carboxylic acids is 1. The van der Waals surface area contributed by atoms with E-state index >= 15 is 0 Å². The Balaban J connectivity index is 2.55. The number of aryl methyl sites for hydroxylation is 1. The zero-order chi connectivity index (χ0) is 15.4. The van der Waals surface area contributed by atoms with Crippen LogP contribution in [0.3, 0.4) is 0 Å². The van der Waals surface area contributed by atoms with Gasteiger partial charge in [-0.1, -0.05) is 0 Å². The summed E-state index contributed by atoms with van der Waals surface area (Å²) in [4.78, 5) is 11.9. The predicted octanol–water partition coefficient (Wildman–Crippen LogP) is 2.09. The summed E-state index contributed by atoms with van der Waals surface area (Å²) in [6, 6.07) is 8.19. The molecular formula is C14H17N3O3Se. The first-order chi connectivity index (χ1) is 10.1. The van der Waals surface area contributed by atoms with Crippen LogP contribution in [0.15, 0.2) is 24.3 Å². The summed E-state index contributed by atoms with van der Waals surface area (Å²) in [7, 11) is 0. The van der Waals surface area contributed by atoms with E-state index in [2.05, 4.69) is 20.7 Å². The van der Waals surface area contributed by atoms with E-state index in [-0.39, 0.29) is 6.61 Å². The molecule has 0 atom stereocenters. The molecule has 0 N–H and O–H groups in total. The van der Waals surface area contributed by atoms with Gasteiger partial charge in [-0.2, -0.15) is 0 Å². The fourth-order valence-electron chi connectivity index (χ4n) is 1.79. The van der Waals surface area contributed by atoms with E-state index in [0.717, 1.165) is 15.9 Å². The van der Waals surface area contributed by atoms with Crippen molar-refractivity contribution in [2.75, 3.05) is 13.2 Å². The van der Waals surface area contributed by atoms with Crippen LogP contribution in [-0.4, -0.2) is 49.2 Å². The van der Waals surface area contributed by atoms with Crippen molar-refractivity contribution in [3.05, 3.63) is 34.2 Å². The van der Waals surface area contributed by atoms with Crippen molar-refractivity contribution in [2.24, 2.45) is 0 Å². The van der Waals surface area contributed by atoms with Crippen LogP contribution in [0.4, 0.5) is 4.79 Å². The second-order valence-corrected chi connectivity index (χ2v) is 5.05. The summed E-state index contributed by atoms with van der Waals surface area (Å²) >= 11 is 2.85. The van der Waals surface area contributed by atoms with E-state index in [1.807, 2.05) is 38.1 Å². The monoisotopic (exact) mass is 355 g/mol. The van der Waals surface area contributed by atoms with Gasteiger partial charge in [0.25, 0.3) is 0 Å². The van der Waals surface area contributed by atoms with Gasteiger partial charge in [0.05, 0.1) is 0 Å². The van der Waals surface area contributed by atoms with Gasteiger partial charge in [-0.05, 0) is 0 Å². The van der Waals surface area contributed by atoms with E-state index in [0.29, 0.717) is 16.9 Å². The molecule has 0 saturated heterocycles. The van der Waals surface area contributed by atoms with Crippen LogP contribution >= 0.6 is 0 Å². The van der Waals surface area contributed by atoms with Crippen LogP contribution in [0, 0.1) is 11.2 Å². The molecule has 0 bridgehead atoms. The SMILES string of the molecule is CCOC(=O)n1nc(OCC)n(-c2ccc(C)cc2)c1=[Se]. The van der Waals surface area contributed by atoms with E-state index in [1.165, 1.54) is 0 Å². The Kier molecular flexibility index (Phi) is 4.98. The standard InChI is InChI=1S/C14H17N3O3Se/c1-4-19-12-15-17(14(18)20-5-2)13(21)16(12)11-8-6-10(3)7-9-11/h6-9H,4-5H2,1-3H3. The molecule has 0 radical (unpaired) electrons. The molecule has 0 aliphatic carbocycles. The normalized spacial score (nSPS) is 10.4. The first-order valence-electron chi connectivity index (χ1n) is 6.67. The van der Waals surface area contributed by atoms with Crippen molar-refractivity contribution >= 4 is 21.7 Å². The first-order valence-corrected chi connectivity index (χ1v) is 7.53. The molecule has 7 heteroatoms. The van der Waals surface area contributed by atoms with Gasteiger partial charge in [-0.25, -0.2) is 0 Å². The van der Waals surface area contributed by atoms with Crippen molar-refractivity contribution in [2.45, 2.75) is 20.8 Å². The topological polar surface area (TPSA) is 58.3 Å². The van der Waals surface area contributed by atoms with Crippen molar-refractivity contribution in [1.29, 1.82) is 0 Å². The summed E-state index contributed by atoms with van der Waals surface area (Å²) in [5.41, 5.74) is 2.00.